The molecule has 0 saturated heterocycles. The Balaban J connectivity index is 0.00000181. The lowest BCUT2D eigenvalue weighted by Gasteiger charge is -2.31. The highest BCUT2D eigenvalue weighted by Crippen LogP contribution is 2.30. The zero-order valence-corrected chi connectivity index (χ0v) is 20.7. The summed E-state index contributed by atoms with van der Waals surface area (Å²) in [6.45, 7) is 0.742. The fourth-order valence-electron chi connectivity index (χ4n) is 4.26. The molecule has 3 aromatic rings. The summed E-state index contributed by atoms with van der Waals surface area (Å²) in [7, 11) is 3.40. The molecule has 1 aromatic heterocycles. The van der Waals surface area contributed by atoms with E-state index < -0.39 is 0 Å². The van der Waals surface area contributed by atoms with Crippen LogP contribution in [0.2, 0.25) is 5.02 Å². The molecule has 0 aliphatic heterocycles. The van der Waals surface area contributed by atoms with Crippen LogP contribution in [-0.2, 0) is 6.54 Å². The molecule has 1 fully saturated rings. The van der Waals surface area contributed by atoms with Crippen molar-refractivity contribution in [2.75, 3.05) is 19.5 Å². The van der Waals surface area contributed by atoms with Gasteiger partial charge in [-0.05, 0) is 62.1 Å². The lowest BCUT2D eigenvalue weighted by molar-refractivity contribution is 0.342. The van der Waals surface area contributed by atoms with Crippen molar-refractivity contribution in [1.29, 1.82) is 0 Å². The molecular weight excluding hydrogens is 469 g/mol. The van der Waals surface area contributed by atoms with Crippen LogP contribution in [0.1, 0.15) is 31.2 Å². The average molecular weight is 499 g/mol. The summed E-state index contributed by atoms with van der Waals surface area (Å²) in [6, 6.07) is 14.8. The van der Waals surface area contributed by atoms with E-state index in [1.807, 2.05) is 42.6 Å². The number of methoxy groups -OCH3 is 2. The zero-order chi connectivity index (χ0) is 20.9. The van der Waals surface area contributed by atoms with Gasteiger partial charge in [-0.15, -0.1) is 24.8 Å². The first kappa shape index (κ1) is 26.3. The van der Waals surface area contributed by atoms with Crippen LogP contribution in [0.15, 0.2) is 48.7 Å². The Bertz CT molecular complexity index is 989. The van der Waals surface area contributed by atoms with Gasteiger partial charge in [-0.3, -0.25) is 4.98 Å². The first-order valence-electron chi connectivity index (χ1n) is 10.4. The number of rotatable bonds is 7. The highest BCUT2D eigenvalue weighted by atomic mass is 35.5. The number of hydrogen-bond acceptors (Lipinski definition) is 5. The Hall–Kier alpha value is -1.92. The standard InChI is InChI=1S/C24H28ClN3O2.2ClH/c1-29-23-4-3-5-24(30-2)20(23)15-27-17-7-9-18(10-8-17)28-21-12-13-26-22-14-16(25)6-11-19(21)22;;/h3-6,11-14,17-18,27H,7-10,15H2,1-2H3,(H,26,28);2*1H. The van der Waals surface area contributed by atoms with Crippen molar-refractivity contribution < 1.29 is 9.47 Å². The monoisotopic (exact) mass is 497 g/mol. The van der Waals surface area contributed by atoms with E-state index >= 15 is 0 Å². The minimum absolute atomic E-state index is 0. The highest BCUT2D eigenvalue weighted by molar-refractivity contribution is 6.31. The van der Waals surface area contributed by atoms with Crippen LogP contribution >= 0.6 is 36.4 Å². The number of ether oxygens (including phenoxy) is 2. The second-order valence-electron chi connectivity index (χ2n) is 7.73. The van der Waals surface area contributed by atoms with E-state index in [-0.39, 0.29) is 24.8 Å². The molecule has 2 N–H and O–H groups in total. The number of fused-ring (bicyclic) bond motifs is 1. The van der Waals surface area contributed by atoms with Crippen molar-refractivity contribution in [2.24, 2.45) is 0 Å². The molecule has 1 heterocycles. The van der Waals surface area contributed by atoms with Crippen LogP contribution in [0.25, 0.3) is 10.9 Å². The molecule has 0 amide bonds. The predicted molar refractivity (Wildman–Crippen MR) is 137 cm³/mol. The summed E-state index contributed by atoms with van der Waals surface area (Å²) in [5.74, 6) is 1.73. The largest absolute Gasteiger partial charge is 0.496 e. The van der Waals surface area contributed by atoms with Crippen LogP contribution in [0.3, 0.4) is 0 Å². The lowest BCUT2D eigenvalue weighted by atomic mass is 9.90. The van der Waals surface area contributed by atoms with Gasteiger partial charge >= 0.3 is 0 Å². The van der Waals surface area contributed by atoms with E-state index in [1.54, 1.807) is 14.2 Å². The zero-order valence-electron chi connectivity index (χ0n) is 18.3. The molecule has 2 aromatic carbocycles. The van der Waals surface area contributed by atoms with Gasteiger partial charge in [0.1, 0.15) is 11.5 Å². The number of benzene rings is 2. The Kier molecular flexibility index (Phi) is 10.2. The molecule has 1 aliphatic carbocycles. The van der Waals surface area contributed by atoms with Gasteiger partial charge in [0, 0.05) is 46.5 Å². The maximum absolute atomic E-state index is 6.11. The predicted octanol–water partition coefficient (Wildman–Crippen LogP) is 6.26. The van der Waals surface area contributed by atoms with Crippen LogP contribution in [0.4, 0.5) is 5.69 Å². The second-order valence-corrected chi connectivity index (χ2v) is 8.17. The molecule has 0 atom stereocenters. The summed E-state index contributed by atoms with van der Waals surface area (Å²) in [5, 5.41) is 9.25. The first-order chi connectivity index (χ1) is 14.7. The molecule has 32 heavy (non-hydrogen) atoms. The third-order valence-electron chi connectivity index (χ3n) is 5.89. The van der Waals surface area contributed by atoms with Crippen LogP contribution in [-0.4, -0.2) is 31.3 Å². The molecule has 0 unspecified atom stereocenters. The molecule has 8 heteroatoms. The van der Waals surface area contributed by atoms with Gasteiger partial charge in [0.05, 0.1) is 19.7 Å². The Morgan fingerprint density at radius 3 is 2.25 bits per heavy atom. The fourth-order valence-corrected chi connectivity index (χ4v) is 4.42. The molecule has 0 radical (unpaired) electrons. The van der Waals surface area contributed by atoms with Crippen molar-refractivity contribution in [3.05, 3.63) is 59.2 Å². The number of anilines is 1. The van der Waals surface area contributed by atoms with Gasteiger partial charge in [0.15, 0.2) is 0 Å². The van der Waals surface area contributed by atoms with Crippen LogP contribution < -0.4 is 20.1 Å². The summed E-state index contributed by atoms with van der Waals surface area (Å²) in [6.07, 6.45) is 6.35. The summed E-state index contributed by atoms with van der Waals surface area (Å²) in [4.78, 5) is 4.43. The van der Waals surface area contributed by atoms with E-state index in [9.17, 15) is 0 Å². The quantitative estimate of drug-likeness (QED) is 0.402. The Labute approximate surface area is 207 Å². The SMILES string of the molecule is COc1cccc(OC)c1CNC1CCC(Nc2ccnc3cc(Cl)ccc23)CC1.Cl.Cl. The smallest absolute Gasteiger partial charge is 0.127 e. The van der Waals surface area contributed by atoms with Gasteiger partial charge in [-0.2, -0.15) is 0 Å². The van der Waals surface area contributed by atoms with Crippen molar-refractivity contribution in [1.82, 2.24) is 10.3 Å². The maximum atomic E-state index is 6.11. The maximum Gasteiger partial charge on any atom is 0.127 e. The highest BCUT2D eigenvalue weighted by Gasteiger charge is 2.22. The minimum atomic E-state index is 0. The first-order valence-corrected chi connectivity index (χ1v) is 10.8. The van der Waals surface area contributed by atoms with E-state index in [2.05, 4.69) is 21.7 Å². The second kappa shape index (κ2) is 12.4. The van der Waals surface area contributed by atoms with Crippen molar-refractivity contribution in [3.63, 3.8) is 0 Å². The van der Waals surface area contributed by atoms with Crippen LogP contribution in [0, 0.1) is 0 Å². The van der Waals surface area contributed by atoms with Gasteiger partial charge < -0.3 is 20.1 Å². The molecule has 4 rings (SSSR count). The number of halogens is 3. The third-order valence-corrected chi connectivity index (χ3v) is 6.12. The molecule has 1 aliphatic rings. The number of nitrogens with zero attached hydrogens (tertiary/aromatic N) is 1. The molecule has 0 bridgehead atoms. The Morgan fingerprint density at radius 1 is 0.938 bits per heavy atom. The minimum Gasteiger partial charge on any atom is -0.496 e. The van der Waals surface area contributed by atoms with E-state index in [1.165, 1.54) is 0 Å². The van der Waals surface area contributed by atoms with Crippen molar-refractivity contribution >= 4 is 53.0 Å². The van der Waals surface area contributed by atoms with Gasteiger partial charge in [-0.25, -0.2) is 0 Å². The van der Waals surface area contributed by atoms with E-state index in [0.29, 0.717) is 17.1 Å². The van der Waals surface area contributed by atoms with Gasteiger partial charge in [0.25, 0.3) is 0 Å². The summed E-state index contributed by atoms with van der Waals surface area (Å²) >= 11 is 6.11. The van der Waals surface area contributed by atoms with Crippen LogP contribution in [0.5, 0.6) is 11.5 Å². The van der Waals surface area contributed by atoms with Crippen molar-refractivity contribution in [2.45, 2.75) is 44.3 Å². The lowest BCUT2D eigenvalue weighted by Crippen LogP contribution is -2.36. The molecule has 1 saturated carbocycles. The summed E-state index contributed by atoms with van der Waals surface area (Å²) in [5.41, 5.74) is 3.13. The Morgan fingerprint density at radius 2 is 1.59 bits per heavy atom. The fraction of sp³-hybridized carbons (Fsp3) is 0.375. The molecule has 5 nitrogen and oxygen atoms in total. The van der Waals surface area contributed by atoms with Gasteiger partial charge in [-0.1, -0.05) is 17.7 Å². The van der Waals surface area contributed by atoms with E-state index in [0.717, 1.165) is 65.9 Å². The summed E-state index contributed by atoms with van der Waals surface area (Å²) < 4.78 is 11.0. The topological polar surface area (TPSA) is 55.4 Å². The number of pyridine rings is 1. The van der Waals surface area contributed by atoms with Crippen molar-refractivity contribution in [3.8, 4) is 11.5 Å². The normalized spacial score (nSPS) is 17.7. The molecular formula is C24H30Cl3N3O2. The third kappa shape index (κ3) is 6.10. The average Bonchev–Trinajstić information content (AvgIpc) is 2.78. The van der Waals surface area contributed by atoms with E-state index in [4.69, 9.17) is 21.1 Å². The number of hydrogen-bond donors (Lipinski definition) is 2. The number of aromatic nitrogens is 1. The molecule has 0 spiro atoms. The van der Waals surface area contributed by atoms with Gasteiger partial charge in [0.2, 0.25) is 0 Å². The number of nitrogens with one attached hydrogen (secondary N) is 2. The molecule has 174 valence electrons.